The van der Waals surface area contributed by atoms with Gasteiger partial charge in [0.1, 0.15) is 0 Å². The number of hydrogen-bond acceptors (Lipinski definition) is 3. The summed E-state index contributed by atoms with van der Waals surface area (Å²) < 4.78 is 1.00. The molecule has 0 aliphatic rings. The van der Waals surface area contributed by atoms with Gasteiger partial charge in [0.2, 0.25) is 5.91 Å². The molecule has 0 aliphatic heterocycles. The predicted molar refractivity (Wildman–Crippen MR) is 86.9 cm³/mol. The van der Waals surface area contributed by atoms with Gasteiger partial charge < -0.3 is 5.32 Å². The zero-order chi connectivity index (χ0) is 16.0. The summed E-state index contributed by atoms with van der Waals surface area (Å²) in [5.74, 6) is -0.317. The number of hydrogen-bond donors (Lipinski definition) is 2. The Hall–Kier alpha value is -1.40. The van der Waals surface area contributed by atoms with Crippen molar-refractivity contribution in [1.29, 1.82) is 0 Å². The molecule has 0 unspecified atom stereocenters. The van der Waals surface area contributed by atoms with Gasteiger partial charge in [0.25, 0.3) is 0 Å². The highest BCUT2D eigenvalue weighted by molar-refractivity contribution is 9.10. The van der Waals surface area contributed by atoms with E-state index in [-0.39, 0.29) is 11.9 Å². The second kappa shape index (κ2) is 8.14. The molecule has 0 radical (unpaired) electrons. The van der Waals surface area contributed by atoms with Crippen LogP contribution in [0.3, 0.4) is 0 Å². The van der Waals surface area contributed by atoms with Crippen LogP contribution in [-0.2, 0) is 11.3 Å². The predicted octanol–water partition coefficient (Wildman–Crippen LogP) is 2.50. The maximum Gasteiger partial charge on any atom is 0.321 e. The molecule has 21 heavy (non-hydrogen) atoms. The molecule has 116 valence electrons. The highest BCUT2D eigenvalue weighted by Crippen LogP contribution is 2.18. The zero-order valence-corrected chi connectivity index (χ0v) is 14.4. The summed E-state index contributed by atoms with van der Waals surface area (Å²) in [6, 6.07) is 6.98. The number of rotatable bonds is 5. The molecular weight excluding hydrogens is 334 g/mol. The number of imide groups is 1. The molecule has 5 nitrogen and oxygen atoms in total. The Balaban J connectivity index is 2.57. The lowest BCUT2D eigenvalue weighted by atomic mass is 10.2. The molecule has 0 aliphatic carbocycles. The van der Waals surface area contributed by atoms with E-state index in [0.29, 0.717) is 6.54 Å². The van der Waals surface area contributed by atoms with Crippen molar-refractivity contribution in [2.45, 2.75) is 39.4 Å². The van der Waals surface area contributed by atoms with Crippen molar-refractivity contribution in [2.75, 3.05) is 7.05 Å². The van der Waals surface area contributed by atoms with Crippen LogP contribution < -0.4 is 10.6 Å². The number of benzene rings is 1. The highest BCUT2D eigenvalue weighted by atomic mass is 79.9. The Morgan fingerprint density at radius 1 is 1.24 bits per heavy atom. The van der Waals surface area contributed by atoms with Crippen molar-refractivity contribution in [3.63, 3.8) is 0 Å². The normalized spacial score (nSPS) is 12.3. The third-order valence-corrected chi connectivity index (χ3v) is 3.85. The van der Waals surface area contributed by atoms with Crippen LogP contribution >= 0.6 is 15.9 Å². The monoisotopic (exact) mass is 355 g/mol. The van der Waals surface area contributed by atoms with Gasteiger partial charge in [-0.2, -0.15) is 0 Å². The second-order valence-electron chi connectivity index (χ2n) is 5.30. The van der Waals surface area contributed by atoms with Gasteiger partial charge in [-0.1, -0.05) is 34.1 Å². The molecule has 3 amide bonds. The third kappa shape index (κ3) is 5.85. The number of carbonyl (C=O) groups excluding carboxylic acids is 2. The standard InChI is InChI=1S/C15H22BrN3O2/c1-10(2)17-15(21)18-14(20)11(3)19(4)9-12-7-5-6-8-13(12)16/h5-8,10-11H,9H2,1-4H3,(H2,17,18,20,21)/t11-/m0/s1. The number of carbonyl (C=O) groups is 2. The number of urea groups is 1. The lowest BCUT2D eigenvalue weighted by Gasteiger charge is -2.24. The molecule has 0 bridgehead atoms. The molecule has 6 heteroatoms. The summed E-state index contributed by atoms with van der Waals surface area (Å²) in [6.45, 7) is 6.07. The number of likely N-dealkylation sites (N-methyl/N-ethyl adjacent to an activating group) is 1. The number of halogens is 1. The first-order chi connectivity index (χ1) is 9.81. The third-order valence-electron chi connectivity index (χ3n) is 3.07. The largest absolute Gasteiger partial charge is 0.336 e. The van der Waals surface area contributed by atoms with Gasteiger partial charge in [-0.05, 0) is 39.4 Å². The van der Waals surface area contributed by atoms with Gasteiger partial charge in [0.05, 0.1) is 6.04 Å². The number of nitrogens with one attached hydrogen (secondary N) is 2. The molecule has 0 spiro atoms. The molecule has 0 heterocycles. The van der Waals surface area contributed by atoms with Crippen molar-refractivity contribution in [2.24, 2.45) is 0 Å². The van der Waals surface area contributed by atoms with E-state index in [9.17, 15) is 9.59 Å². The van der Waals surface area contributed by atoms with Gasteiger partial charge in [0.15, 0.2) is 0 Å². The van der Waals surface area contributed by atoms with Crippen LogP contribution in [0.15, 0.2) is 28.7 Å². The summed E-state index contributed by atoms with van der Waals surface area (Å²) in [5, 5.41) is 4.98. The summed E-state index contributed by atoms with van der Waals surface area (Å²) in [7, 11) is 1.85. The molecule has 1 rings (SSSR count). The van der Waals surface area contributed by atoms with Crippen LogP contribution in [0.1, 0.15) is 26.3 Å². The van der Waals surface area contributed by atoms with Gasteiger partial charge in [-0.3, -0.25) is 15.0 Å². The molecular formula is C15H22BrN3O2. The van der Waals surface area contributed by atoms with E-state index in [1.165, 1.54) is 0 Å². The van der Waals surface area contributed by atoms with Crippen LogP contribution in [0, 0.1) is 0 Å². The molecule has 0 saturated heterocycles. The maximum absolute atomic E-state index is 12.0. The summed E-state index contributed by atoms with van der Waals surface area (Å²) in [5.41, 5.74) is 1.09. The minimum atomic E-state index is -0.462. The SMILES string of the molecule is CC(C)NC(=O)NC(=O)[C@H](C)N(C)Cc1ccccc1Br. The molecule has 1 atom stereocenters. The number of nitrogens with zero attached hydrogens (tertiary/aromatic N) is 1. The lowest BCUT2D eigenvalue weighted by Crippen LogP contribution is -2.49. The van der Waals surface area contributed by atoms with E-state index in [0.717, 1.165) is 10.0 Å². The second-order valence-corrected chi connectivity index (χ2v) is 6.15. The van der Waals surface area contributed by atoms with Crippen LogP contribution in [0.4, 0.5) is 4.79 Å². The Morgan fingerprint density at radius 3 is 2.43 bits per heavy atom. The van der Waals surface area contributed by atoms with Crippen LogP contribution in [0.5, 0.6) is 0 Å². The van der Waals surface area contributed by atoms with Gasteiger partial charge in [0, 0.05) is 17.1 Å². The fourth-order valence-corrected chi connectivity index (χ4v) is 2.16. The van der Waals surface area contributed by atoms with Crippen molar-refractivity contribution in [3.8, 4) is 0 Å². The molecule has 0 aromatic heterocycles. The Bertz CT molecular complexity index is 505. The molecule has 2 N–H and O–H groups in total. The smallest absolute Gasteiger partial charge is 0.321 e. The van der Waals surface area contributed by atoms with Crippen LogP contribution in [0.2, 0.25) is 0 Å². The lowest BCUT2D eigenvalue weighted by molar-refractivity contribution is -0.124. The Labute approximate surface area is 134 Å². The van der Waals surface area contributed by atoms with E-state index in [1.807, 2.05) is 50.1 Å². The molecule has 1 aromatic carbocycles. The van der Waals surface area contributed by atoms with Crippen molar-refractivity contribution in [1.82, 2.24) is 15.5 Å². The highest BCUT2D eigenvalue weighted by Gasteiger charge is 2.20. The summed E-state index contributed by atoms with van der Waals surface area (Å²) in [6.07, 6.45) is 0. The molecule has 0 saturated carbocycles. The molecule has 1 aromatic rings. The maximum atomic E-state index is 12.0. The minimum Gasteiger partial charge on any atom is -0.336 e. The first-order valence-corrected chi connectivity index (χ1v) is 7.65. The zero-order valence-electron chi connectivity index (χ0n) is 12.8. The fourth-order valence-electron chi connectivity index (χ4n) is 1.75. The van der Waals surface area contributed by atoms with Crippen molar-refractivity contribution >= 4 is 27.9 Å². The minimum absolute atomic E-state index is 0.00823. The van der Waals surface area contributed by atoms with Crippen molar-refractivity contribution in [3.05, 3.63) is 34.3 Å². The number of amides is 3. The topological polar surface area (TPSA) is 61.4 Å². The van der Waals surface area contributed by atoms with E-state index in [2.05, 4.69) is 26.6 Å². The quantitative estimate of drug-likeness (QED) is 0.852. The van der Waals surface area contributed by atoms with Crippen LogP contribution in [0.25, 0.3) is 0 Å². The summed E-state index contributed by atoms with van der Waals surface area (Å²) in [4.78, 5) is 25.4. The first kappa shape index (κ1) is 17.7. The molecule has 0 fully saturated rings. The van der Waals surface area contributed by atoms with Gasteiger partial charge >= 0.3 is 6.03 Å². The van der Waals surface area contributed by atoms with E-state index in [1.54, 1.807) is 6.92 Å². The van der Waals surface area contributed by atoms with E-state index < -0.39 is 12.1 Å². The first-order valence-electron chi connectivity index (χ1n) is 6.86. The van der Waals surface area contributed by atoms with Crippen LogP contribution in [-0.4, -0.2) is 36.0 Å². The van der Waals surface area contributed by atoms with Gasteiger partial charge in [-0.15, -0.1) is 0 Å². The van der Waals surface area contributed by atoms with Gasteiger partial charge in [-0.25, -0.2) is 4.79 Å². The Morgan fingerprint density at radius 2 is 1.86 bits per heavy atom. The van der Waals surface area contributed by atoms with E-state index >= 15 is 0 Å². The Kier molecular flexibility index (Phi) is 6.84. The van der Waals surface area contributed by atoms with E-state index in [4.69, 9.17) is 0 Å². The fraction of sp³-hybridized carbons (Fsp3) is 0.467. The average Bonchev–Trinajstić information content (AvgIpc) is 2.39. The summed E-state index contributed by atoms with van der Waals surface area (Å²) >= 11 is 3.49. The average molecular weight is 356 g/mol. The van der Waals surface area contributed by atoms with Crippen molar-refractivity contribution < 1.29 is 9.59 Å².